The molecule has 0 fully saturated rings. The van der Waals surface area contributed by atoms with Gasteiger partial charge in [0.25, 0.3) is 5.91 Å². The van der Waals surface area contributed by atoms with Crippen molar-refractivity contribution in [3.8, 4) is 11.5 Å². The molecule has 2 aromatic carbocycles. The molecule has 3 rings (SSSR count). The van der Waals surface area contributed by atoms with E-state index < -0.39 is 0 Å². The van der Waals surface area contributed by atoms with Gasteiger partial charge in [0, 0.05) is 21.6 Å². The molecule has 6 heteroatoms. The maximum absolute atomic E-state index is 12.3. The Balaban J connectivity index is 1.69. The largest absolute Gasteiger partial charge is 0.489 e. The molecule has 1 aliphatic rings. The molecule has 1 heterocycles. The molecule has 0 spiro atoms. The third kappa shape index (κ3) is 4.31. The number of carbonyl (C=O) groups is 1. The lowest BCUT2D eigenvalue weighted by Crippen LogP contribution is -2.26. The third-order valence-corrected chi connectivity index (χ3v) is 4.06. The minimum absolute atomic E-state index is 0.0827. The number of benzene rings is 2. The van der Waals surface area contributed by atoms with Crippen molar-refractivity contribution in [1.82, 2.24) is 5.43 Å². The van der Waals surface area contributed by atoms with Crippen molar-refractivity contribution in [1.29, 1.82) is 0 Å². The molecule has 0 atom stereocenters. The van der Waals surface area contributed by atoms with Crippen LogP contribution >= 0.6 is 11.6 Å². The summed E-state index contributed by atoms with van der Waals surface area (Å²) in [5.41, 5.74) is 3.58. The molecule has 1 aliphatic heterocycles. The third-order valence-electron chi connectivity index (χ3n) is 3.72. The molecule has 0 aliphatic carbocycles. The molecule has 25 heavy (non-hydrogen) atoms. The summed E-state index contributed by atoms with van der Waals surface area (Å²) in [5.74, 6) is 0.869. The van der Waals surface area contributed by atoms with Crippen LogP contribution in [0.2, 0.25) is 5.02 Å². The second kappa shape index (κ2) is 7.15. The number of rotatable bonds is 3. The number of nitrogens with one attached hydrogen (secondary N) is 1. The number of halogens is 1. The summed E-state index contributed by atoms with van der Waals surface area (Å²) in [5, 5.41) is 4.52. The lowest BCUT2D eigenvalue weighted by Gasteiger charge is -2.19. The molecule has 0 unspecified atom stereocenters. The molecule has 2 aromatic rings. The van der Waals surface area contributed by atoms with Gasteiger partial charge in [0.2, 0.25) is 0 Å². The Labute approximate surface area is 151 Å². The van der Waals surface area contributed by atoms with E-state index in [0.29, 0.717) is 35.3 Å². The van der Waals surface area contributed by atoms with E-state index >= 15 is 0 Å². The molecule has 0 bridgehead atoms. The maximum Gasteiger partial charge on any atom is 0.271 e. The molecule has 1 N–H and O–H groups in total. The average molecular weight is 359 g/mol. The molecule has 130 valence electrons. The highest BCUT2D eigenvalue weighted by Crippen LogP contribution is 2.34. The van der Waals surface area contributed by atoms with E-state index in [1.165, 1.54) is 6.21 Å². The first kappa shape index (κ1) is 17.3. The lowest BCUT2D eigenvalue weighted by molar-refractivity contribution is 0.0954. The summed E-state index contributed by atoms with van der Waals surface area (Å²) in [6.07, 6.45) is 1.51. The Bertz CT molecular complexity index is 818. The van der Waals surface area contributed by atoms with Crippen molar-refractivity contribution in [2.45, 2.75) is 13.8 Å². The number of nitrogens with zero attached hydrogens (tertiary/aromatic N) is 1. The fraction of sp³-hybridized carbons (Fsp3) is 0.263. The van der Waals surface area contributed by atoms with Crippen LogP contribution in [0.15, 0.2) is 47.6 Å². The van der Waals surface area contributed by atoms with Gasteiger partial charge in [-0.1, -0.05) is 43.6 Å². The number of carbonyl (C=O) groups excluding carboxylic acids is 1. The van der Waals surface area contributed by atoms with Crippen molar-refractivity contribution in [2.24, 2.45) is 10.5 Å². The quantitative estimate of drug-likeness (QED) is 0.668. The minimum atomic E-state index is -0.335. The summed E-state index contributed by atoms with van der Waals surface area (Å²) in [7, 11) is 0. The van der Waals surface area contributed by atoms with Gasteiger partial charge in [0.15, 0.2) is 11.5 Å². The van der Waals surface area contributed by atoms with Gasteiger partial charge in [-0.25, -0.2) is 5.43 Å². The highest BCUT2D eigenvalue weighted by Gasteiger charge is 2.25. The summed E-state index contributed by atoms with van der Waals surface area (Å²) in [4.78, 5) is 12.3. The van der Waals surface area contributed by atoms with Gasteiger partial charge in [-0.3, -0.25) is 4.79 Å². The molecule has 0 saturated heterocycles. The molecule has 5 nitrogen and oxygen atoms in total. The van der Waals surface area contributed by atoms with Crippen molar-refractivity contribution in [3.05, 3.63) is 58.6 Å². The van der Waals surface area contributed by atoms with Crippen molar-refractivity contribution in [2.75, 3.05) is 13.2 Å². The Morgan fingerprint density at radius 3 is 2.64 bits per heavy atom. The number of fused-ring (bicyclic) bond motifs is 1. The first-order valence-corrected chi connectivity index (χ1v) is 8.30. The molecule has 1 amide bonds. The Hall–Kier alpha value is -2.53. The maximum atomic E-state index is 12.3. The summed E-state index contributed by atoms with van der Waals surface area (Å²) in [6.45, 7) is 5.22. The van der Waals surface area contributed by atoms with E-state index in [9.17, 15) is 4.79 Å². The summed E-state index contributed by atoms with van der Waals surface area (Å²) >= 11 is 6.04. The van der Waals surface area contributed by atoms with Gasteiger partial charge in [0.1, 0.15) is 0 Å². The van der Waals surface area contributed by atoms with Gasteiger partial charge in [-0.15, -0.1) is 0 Å². The van der Waals surface area contributed by atoms with E-state index in [1.807, 2.05) is 18.2 Å². The highest BCUT2D eigenvalue weighted by molar-refractivity contribution is 6.33. The monoisotopic (exact) mass is 358 g/mol. The van der Waals surface area contributed by atoms with Gasteiger partial charge < -0.3 is 9.47 Å². The Kier molecular flexibility index (Phi) is 4.95. The lowest BCUT2D eigenvalue weighted by atomic mass is 9.97. The normalized spacial score (nSPS) is 15.6. The zero-order chi connectivity index (χ0) is 17.9. The molecular weight excluding hydrogens is 340 g/mol. The van der Waals surface area contributed by atoms with E-state index in [0.717, 1.165) is 5.56 Å². The Morgan fingerprint density at radius 1 is 1.16 bits per heavy atom. The van der Waals surface area contributed by atoms with E-state index in [-0.39, 0.29) is 11.3 Å². The fourth-order valence-corrected chi connectivity index (χ4v) is 2.46. The van der Waals surface area contributed by atoms with Gasteiger partial charge >= 0.3 is 0 Å². The predicted octanol–water partition coefficient (Wildman–Crippen LogP) is 3.90. The van der Waals surface area contributed by atoms with Crippen molar-refractivity contribution < 1.29 is 14.3 Å². The van der Waals surface area contributed by atoms with Crippen LogP contribution < -0.4 is 14.9 Å². The number of hydrogen-bond donors (Lipinski definition) is 1. The SMILES string of the molecule is CC1(C)COc2ccc(C(=O)N/N=C/c3ccccc3Cl)cc2OC1. The van der Waals surface area contributed by atoms with Crippen LogP contribution in [0.5, 0.6) is 11.5 Å². The molecule has 0 saturated carbocycles. The van der Waals surface area contributed by atoms with Crippen LogP contribution in [0.4, 0.5) is 0 Å². The highest BCUT2D eigenvalue weighted by atomic mass is 35.5. The van der Waals surface area contributed by atoms with E-state index in [2.05, 4.69) is 24.4 Å². The van der Waals surface area contributed by atoms with Gasteiger partial charge in [-0.05, 0) is 24.3 Å². The standard InChI is InChI=1S/C19H19ClN2O3/c1-19(2)11-24-16-8-7-13(9-17(16)25-12-19)18(23)22-21-10-14-5-3-4-6-15(14)20/h3-10H,11-12H2,1-2H3,(H,22,23)/b21-10+. The molecular formula is C19H19ClN2O3. The average Bonchev–Trinajstić information content (AvgIpc) is 2.75. The topological polar surface area (TPSA) is 59.9 Å². The van der Waals surface area contributed by atoms with Gasteiger partial charge in [0.05, 0.1) is 19.4 Å². The summed E-state index contributed by atoms with van der Waals surface area (Å²) < 4.78 is 11.5. The smallest absolute Gasteiger partial charge is 0.271 e. The second-order valence-electron chi connectivity index (χ2n) is 6.62. The number of hydrazone groups is 1. The summed E-state index contributed by atoms with van der Waals surface area (Å²) in [6, 6.07) is 12.3. The number of amides is 1. The van der Waals surface area contributed by atoms with Crippen molar-refractivity contribution in [3.63, 3.8) is 0 Å². The number of ether oxygens (including phenoxy) is 2. The van der Waals surface area contributed by atoms with Gasteiger partial charge in [-0.2, -0.15) is 5.10 Å². The van der Waals surface area contributed by atoms with Crippen LogP contribution in [0.3, 0.4) is 0 Å². The van der Waals surface area contributed by atoms with E-state index in [1.54, 1.807) is 24.3 Å². The Morgan fingerprint density at radius 2 is 1.88 bits per heavy atom. The number of hydrogen-bond acceptors (Lipinski definition) is 4. The van der Waals surface area contributed by atoms with Crippen LogP contribution in [0.1, 0.15) is 29.8 Å². The second-order valence-corrected chi connectivity index (χ2v) is 7.03. The zero-order valence-corrected chi connectivity index (χ0v) is 14.8. The molecule has 0 radical (unpaired) electrons. The predicted molar refractivity (Wildman–Crippen MR) is 97.7 cm³/mol. The van der Waals surface area contributed by atoms with Crippen LogP contribution in [0, 0.1) is 5.41 Å². The van der Waals surface area contributed by atoms with E-state index in [4.69, 9.17) is 21.1 Å². The molecule has 0 aromatic heterocycles. The zero-order valence-electron chi connectivity index (χ0n) is 14.1. The fourth-order valence-electron chi connectivity index (χ4n) is 2.27. The van der Waals surface area contributed by atoms with Crippen LogP contribution in [-0.4, -0.2) is 25.3 Å². The van der Waals surface area contributed by atoms with Crippen molar-refractivity contribution >= 4 is 23.7 Å². The first-order valence-electron chi connectivity index (χ1n) is 7.92. The van der Waals surface area contributed by atoms with Crippen LogP contribution in [-0.2, 0) is 0 Å². The minimum Gasteiger partial charge on any atom is -0.489 e. The van der Waals surface area contributed by atoms with Crippen LogP contribution in [0.25, 0.3) is 0 Å². The first-order chi connectivity index (χ1) is 11.9.